The topological polar surface area (TPSA) is 57.8 Å². The molecule has 0 bridgehead atoms. The van der Waals surface area contributed by atoms with Crippen LogP contribution < -0.4 is 0 Å². The van der Waals surface area contributed by atoms with Gasteiger partial charge in [0.15, 0.2) is 17.2 Å². The summed E-state index contributed by atoms with van der Waals surface area (Å²) in [5.41, 5.74) is 0.405. The standard InChI is InChI=1S/C11H12FN3O2/c1-14(2)6-8-9(11(16)17)13-10-7(12)4-3-5-15(8)10/h3-5H,6H2,1-2H3,(H,16,17). The van der Waals surface area contributed by atoms with Crippen LogP contribution in [-0.4, -0.2) is 39.5 Å². The molecule has 0 aliphatic carbocycles. The first-order valence-electron chi connectivity index (χ1n) is 5.04. The fourth-order valence-corrected chi connectivity index (χ4v) is 1.71. The number of imidazole rings is 1. The van der Waals surface area contributed by atoms with Gasteiger partial charge in [-0.25, -0.2) is 14.2 Å². The molecule has 2 aromatic heterocycles. The summed E-state index contributed by atoms with van der Waals surface area (Å²) >= 11 is 0. The Morgan fingerprint density at radius 1 is 1.59 bits per heavy atom. The lowest BCUT2D eigenvalue weighted by atomic mass is 10.3. The first kappa shape index (κ1) is 11.5. The summed E-state index contributed by atoms with van der Waals surface area (Å²) in [5.74, 6) is -1.68. The number of hydrogen-bond acceptors (Lipinski definition) is 3. The van der Waals surface area contributed by atoms with Gasteiger partial charge in [0.25, 0.3) is 0 Å². The SMILES string of the molecule is CN(C)Cc1c(C(=O)O)nc2c(F)cccn12. The molecule has 0 saturated heterocycles. The van der Waals surface area contributed by atoms with Crippen LogP contribution in [0.4, 0.5) is 4.39 Å². The predicted octanol–water partition coefficient (Wildman–Crippen LogP) is 1.23. The molecule has 2 aromatic rings. The van der Waals surface area contributed by atoms with Gasteiger partial charge in [-0.1, -0.05) is 0 Å². The van der Waals surface area contributed by atoms with Gasteiger partial charge in [0.1, 0.15) is 0 Å². The molecule has 0 spiro atoms. The maximum atomic E-state index is 13.5. The Kier molecular flexibility index (Phi) is 2.81. The third-order valence-corrected chi connectivity index (χ3v) is 2.37. The van der Waals surface area contributed by atoms with Crippen molar-refractivity contribution >= 4 is 11.6 Å². The highest BCUT2D eigenvalue weighted by Crippen LogP contribution is 2.16. The number of hydrogen-bond donors (Lipinski definition) is 1. The highest BCUT2D eigenvalue weighted by atomic mass is 19.1. The molecule has 5 nitrogen and oxygen atoms in total. The predicted molar refractivity (Wildman–Crippen MR) is 59.5 cm³/mol. The van der Waals surface area contributed by atoms with Crippen LogP contribution in [0.3, 0.4) is 0 Å². The molecule has 0 aromatic carbocycles. The molecule has 0 atom stereocenters. The molecule has 2 heterocycles. The van der Waals surface area contributed by atoms with Crippen molar-refractivity contribution in [3.05, 3.63) is 35.5 Å². The van der Waals surface area contributed by atoms with E-state index in [1.807, 2.05) is 14.1 Å². The Labute approximate surface area is 97.1 Å². The molecule has 2 rings (SSSR count). The van der Waals surface area contributed by atoms with E-state index in [0.29, 0.717) is 12.2 Å². The van der Waals surface area contributed by atoms with E-state index >= 15 is 0 Å². The van der Waals surface area contributed by atoms with Crippen LogP contribution in [0.5, 0.6) is 0 Å². The molecule has 17 heavy (non-hydrogen) atoms. The van der Waals surface area contributed by atoms with Gasteiger partial charge in [-0.3, -0.25) is 4.40 Å². The van der Waals surface area contributed by atoms with Crippen LogP contribution in [0.1, 0.15) is 16.2 Å². The van der Waals surface area contributed by atoms with E-state index < -0.39 is 11.8 Å². The number of aromatic nitrogens is 2. The second kappa shape index (κ2) is 4.14. The van der Waals surface area contributed by atoms with E-state index in [-0.39, 0.29) is 11.3 Å². The normalized spacial score (nSPS) is 11.3. The Balaban J connectivity index is 2.71. The van der Waals surface area contributed by atoms with Crippen LogP contribution in [0.2, 0.25) is 0 Å². The van der Waals surface area contributed by atoms with E-state index in [1.54, 1.807) is 11.1 Å². The zero-order valence-electron chi connectivity index (χ0n) is 9.51. The zero-order chi connectivity index (χ0) is 12.6. The molecule has 0 radical (unpaired) electrons. The van der Waals surface area contributed by atoms with E-state index in [1.165, 1.54) is 16.5 Å². The van der Waals surface area contributed by atoms with Gasteiger partial charge in [-0.2, -0.15) is 0 Å². The van der Waals surface area contributed by atoms with Crippen molar-refractivity contribution < 1.29 is 14.3 Å². The Morgan fingerprint density at radius 2 is 2.29 bits per heavy atom. The molecular formula is C11H12FN3O2. The van der Waals surface area contributed by atoms with Gasteiger partial charge in [0.05, 0.1) is 5.69 Å². The number of carboxylic acid groups (broad SMARTS) is 1. The second-order valence-corrected chi connectivity index (χ2v) is 4.00. The van der Waals surface area contributed by atoms with Crippen molar-refractivity contribution in [2.45, 2.75) is 6.54 Å². The third-order valence-electron chi connectivity index (χ3n) is 2.37. The number of fused-ring (bicyclic) bond motifs is 1. The van der Waals surface area contributed by atoms with Gasteiger partial charge in [0, 0.05) is 12.7 Å². The maximum Gasteiger partial charge on any atom is 0.356 e. The van der Waals surface area contributed by atoms with Crippen molar-refractivity contribution in [1.82, 2.24) is 14.3 Å². The van der Waals surface area contributed by atoms with E-state index in [2.05, 4.69) is 4.98 Å². The van der Waals surface area contributed by atoms with Crippen molar-refractivity contribution in [3.63, 3.8) is 0 Å². The van der Waals surface area contributed by atoms with Crippen LogP contribution in [0, 0.1) is 5.82 Å². The summed E-state index contributed by atoms with van der Waals surface area (Å²) in [6.45, 7) is 0.381. The van der Waals surface area contributed by atoms with Gasteiger partial charge in [-0.15, -0.1) is 0 Å². The molecular weight excluding hydrogens is 225 g/mol. The van der Waals surface area contributed by atoms with Gasteiger partial charge < -0.3 is 10.0 Å². The van der Waals surface area contributed by atoms with Crippen molar-refractivity contribution in [2.24, 2.45) is 0 Å². The lowest BCUT2D eigenvalue weighted by molar-refractivity contribution is 0.0689. The number of halogens is 1. The Bertz CT molecular complexity index is 577. The summed E-state index contributed by atoms with van der Waals surface area (Å²) in [4.78, 5) is 16.7. The van der Waals surface area contributed by atoms with Crippen LogP contribution in [-0.2, 0) is 6.54 Å². The summed E-state index contributed by atoms with van der Waals surface area (Å²) in [5, 5.41) is 9.05. The average Bonchev–Trinajstić information content (AvgIpc) is 2.58. The van der Waals surface area contributed by atoms with E-state index in [9.17, 15) is 9.18 Å². The molecule has 0 amide bonds. The zero-order valence-corrected chi connectivity index (χ0v) is 9.51. The lowest BCUT2D eigenvalue weighted by Crippen LogP contribution is -2.15. The quantitative estimate of drug-likeness (QED) is 0.872. The van der Waals surface area contributed by atoms with Gasteiger partial charge in [-0.05, 0) is 26.2 Å². The van der Waals surface area contributed by atoms with Crippen molar-refractivity contribution in [1.29, 1.82) is 0 Å². The molecule has 0 aliphatic heterocycles. The number of pyridine rings is 1. The molecule has 0 unspecified atom stereocenters. The lowest BCUT2D eigenvalue weighted by Gasteiger charge is -2.09. The highest BCUT2D eigenvalue weighted by molar-refractivity contribution is 5.88. The highest BCUT2D eigenvalue weighted by Gasteiger charge is 2.19. The minimum absolute atomic E-state index is 0.0433. The third kappa shape index (κ3) is 1.99. The Hall–Kier alpha value is -1.95. The minimum atomic E-state index is -1.15. The largest absolute Gasteiger partial charge is 0.476 e. The van der Waals surface area contributed by atoms with E-state index in [0.717, 1.165) is 0 Å². The van der Waals surface area contributed by atoms with Gasteiger partial charge in [0.2, 0.25) is 0 Å². The molecule has 0 aliphatic rings. The summed E-state index contributed by atoms with van der Waals surface area (Å²) < 4.78 is 15.0. The number of nitrogens with zero attached hydrogens (tertiary/aromatic N) is 3. The summed E-state index contributed by atoms with van der Waals surface area (Å²) in [6, 6.07) is 2.78. The fraction of sp³-hybridized carbons (Fsp3) is 0.273. The first-order valence-corrected chi connectivity index (χ1v) is 5.04. The number of aromatic carboxylic acids is 1. The monoisotopic (exact) mass is 237 g/mol. The number of carboxylic acids is 1. The second-order valence-electron chi connectivity index (χ2n) is 4.00. The van der Waals surface area contributed by atoms with Crippen LogP contribution in [0.25, 0.3) is 5.65 Å². The smallest absolute Gasteiger partial charge is 0.356 e. The molecule has 1 N–H and O–H groups in total. The number of carbonyl (C=O) groups is 1. The van der Waals surface area contributed by atoms with Crippen LogP contribution in [0.15, 0.2) is 18.3 Å². The molecule has 6 heteroatoms. The number of rotatable bonds is 3. The van der Waals surface area contributed by atoms with Crippen molar-refractivity contribution in [2.75, 3.05) is 14.1 Å². The fourth-order valence-electron chi connectivity index (χ4n) is 1.71. The van der Waals surface area contributed by atoms with E-state index in [4.69, 9.17) is 5.11 Å². The van der Waals surface area contributed by atoms with Gasteiger partial charge >= 0.3 is 5.97 Å². The van der Waals surface area contributed by atoms with Crippen LogP contribution >= 0.6 is 0 Å². The maximum absolute atomic E-state index is 13.5. The van der Waals surface area contributed by atoms with Crippen molar-refractivity contribution in [3.8, 4) is 0 Å². The first-order chi connectivity index (χ1) is 8.00. The Morgan fingerprint density at radius 3 is 2.88 bits per heavy atom. The average molecular weight is 237 g/mol. The summed E-state index contributed by atoms with van der Waals surface area (Å²) in [7, 11) is 3.62. The molecule has 0 saturated carbocycles. The molecule has 90 valence electrons. The summed E-state index contributed by atoms with van der Waals surface area (Å²) in [6.07, 6.45) is 1.61. The minimum Gasteiger partial charge on any atom is -0.476 e. The molecule has 0 fully saturated rings.